The lowest BCUT2D eigenvalue weighted by Gasteiger charge is -2.41. The summed E-state index contributed by atoms with van der Waals surface area (Å²) >= 11 is 0. The number of nitriles is 1. The van der Waals surface area contributed by atoms with Crippen LogP contribution in [-0.4, -0.2) is 72.3 Å². The lowest BCUT2D eigenvalue weighted by atomic mass is 9.99. The van der Waals surface area contributed by atoms with E-state index in [4.69, 9.17) is 0 Å². The first-order valence-corrected chi connectivity index (χ1v) is 13.8. The van der Waals surface area contributed by atoms with Gasteiger partial charge >= 0.3 is 0 Å². The molecular formula is C31H35FN6O2. The summed E-state index contributed by atoms with van der Waals surface area (Å²) in [6.45, 7) is 6.76. The molecule has 0 unspecified atom stereocenters. The molecule has 2 aliphatic rings. The number of para-hydroxylation sites is 1. The van der Waals surface area contributed by atoms with Crippen LogP contribution in [0.15, 0.2) is 54.7 Å². The number of hydrogen-bond acceptors (Lipinski definition) is 7. The third kappa shape index (κ3) is 5.73. The molecule has 2 aromatic carbocycles. The Bertz CT molecular complexity index is 1420. The number of aliphatic hydroxyl groups excluding tert-OH is 1. The standard InChI is InChI=1S/C31H35FN6O2/c1-21-15-22(2)28(35-25-8-11-36(12-9-25)29-6-4-3-5-23(29)18-33)17-27(21)31(40)37-13-14-38(26(19-37)20-39)30-16-24(32)7-10-34-30/h3-7,10,15-17,25-26,35,39H,8-9,11-14,19-20H2,1-2H3/t26-/m1/s1. The number of benzene rings is 2. The first-order chi connectivity index (χ1) is 19.4. The summed E-state index contributed by atoms with van der Waals surface area (Å²) in [7, 11) is 0. The van der Waals surface area contributed by atoms with Crippen molar-refractivity contribution in [2.75, 3.05) is 54.4 Å². The number of amides is 1. The van der Waals surface area contributed by atoms with Gasteiger partial charge in [-0.05, 0) is 62.1 Å². The number of halogens is 1. The third-order valence-electron chi connectivity index (χ3n) is 8.00. The minimum Gasteiger partial charge on any atom is -0.394 e. The summed E-state index contributed by atoms with van der Waals surface area (Å²) in [5.74, 6) is 0.00764. The predicted molar refractivity (Wildman–Crippen MR) is 154 cm³/mol. The van der Waals surface area contributed by atoms with Gasteiger partial charge in [0, 0.05) is 62.3 Å². The van der Waals surface area contributed by atoms with E-state index in [1.165, 1.54) is 18.3 Å². The van der Waals surface area contributed by atoms with Gasteiger partial charge in [0.15, 0.2) is 0 Å². The first-order valence-electron chi connectivity index (χ1n) is 13.8. The number of piperazine rings is 1. The summed E-state index contributed by atoms with van der Waals surface area (Å²) in [5.41, 5.74) is 5.26. The Kier molecular flexibility index (Phi) is 8.17. The van der Waals surface area contributed by atoms with Gasteiger partial charge in [-0.25, -0.2) is 9.37 Å². The van der Waals surface area contributed by atoms with Gasteiger partial charge in [0.2, 0.25) is 0 Å². The monoisotopic (exact) mass is 542 g/mol. The minimum absolute atomic E-state index is 0.0752. The maximum atomic E-state index is 13.8. The maximum absolute atomic E-state index is 13.8. The second-order valence-corrected chi connectivity index (χ2v) is 10.6. The molecule has 2 fully saturated rings. The molecule has 3 heterocycles. The van der Waals surface area contributed by atoms with Crippen LogP contribution in [0.25, 0.3) is 0 Å². The van der Waals surface area contributed by atoms with Gasteiger partial charge in [0.05, 0.1) is 23.9 Å². The van der Waals surface area contributed by atoms with Gasteiger partial charge in [-0.2, -0.15) is 5.26 Å². The number of hydrogen-bond donors (Lipinski definition) is 2. The van der Waals surface area contributed by atoms with E-state index < -0.39 is 0 Å². The van der Waals surface area contributed by atoms with Crippen molar-refractivity contribution in [3.8, 4) is 6.07 Å². The smallest absolute Gasteiger partial charge is 0.254 e. The number of anilines is 3. The molecular weight excluding hydrogens is 507 g/mol. The predicted octanol–water partition coefficient (Wildman–Crippen LogP) is 4.11. The molecule has 5 rings (SSSR count). The van der Waals surface area contributed by atoms with E-state index in [0.717, 1.165) is 48.4 Å². The Morgan fingerprint density at radius 1 is 1.10 bits per heavy atom. The molecule has 3 aromatic rings. The van der Waals surface area contributed by atoms with Gasteiger partial charge in [0.25, 0.3) is 5.91 Å². The average Bonchev–Trinajstić information content (AvgIpc) is 2.98. The molecule has 9 heteroatoms. The number of aryl methyl sites for hydroxylation is 2. The summed E-state index contributed by atoms with van der Waals surface area (Å²) in [5, 5.41) is 23.2. The van der Waals surface area contributed by atoms with E-state index in [1.54, 1.807) is 4.90 Å². The van der Waals surface area contributed by atoms with Crippen LogP contribution in [0.1, 0.15) is 39.9 Å². The summed E-state index contributed by atoms with van der Waals surface area (Å²) in [4.78, 5) is 23.8. The lowest BCUT2D eigenvalue weighted by Crippen LogP contribution is -2.56. The zero-order valence-electron chi connectivity index (χ0n) is 23.0. The van der Waals surface area contributed by atoms with E-state index in [9.17, 15) is 19.6 Å². The Hall–Kier alpha value is -4.16. The molecule has 0 bridgehead atoms. The number of nitrogens with one attached hydrogen (secondary N) is 1. The molecule has 2 saturated heterocycles. The number of carbonyl (C=O) groups excluding carboxylic acids is 1. The summed E-state index contributed by atoms with van der Waals surface area (Å²) in [6.07, 6.45) is 3.26. The molecule has 2 N–H and O–H groups in total. The highest BCUT2D eigenvalue weighted by atomic mass is 19.1. The lowest BCUT2D eigenvalue weighted by molar-refractivity contribution is 0.0698. The highest BCUT2D eigenvalue weighted by Crippen LogP contribution is 2.28. The molecule has 40 heavy (non-hydrogen) atoms. The fraction of sp³-hybridized carbons (Fsp3) is 0.387. The van der Waals surface area contributed by atoms with Crippen LogP contribution >= 0.6 is 0 Å². The molecule has 2 aliphatic heterocycles. The molecule has 0 radical (unpaired) electrons. The van der Waals surface area contributed by atoms with Crippen LogP contribution in [0.4, 0.5) is 21.6 Å². The zero-order valence-corrected chi connectivity index (χ0v) is 23.0. The van der Waals surface area contributed by atoms with E-state index in [0.29, 0.717) is 36.6 Å². The van der Waals surface area contributed by atoms with Gasteiger partial charge in [-0.1, -0.05) is 18.2 Å². The third-order valence-corrected chi connectivity index (χ3v) is 8.00. The van der Waals surface area contributed by atoms with Gasteiger partial charge in [-0.15, -0.1) is 0 Å². The van der Waals surface area contributed by atoms with Gasteiger partial charge in [0.1, 0.15) is 17.7 Å². The zero-order chi connectivity index (χ0) is 28.2. The molecule has 208 valence electrons. The van der Waals surface area contributed by atoms with Crippen LogP contribution < -0.4 is 15.1 Å². The number of rotatable bonds is 6. The van der Waals surface area contributed by atoms with Gasteiger partial charge in [-0.3, -0.25) is 4.79 Å². The molecule has 0 saturated carbocycles. The average molecular weight is 543 g/mol. The molecule has 0 aliphatic carbocycles. The quantitative estimate of drug-likeness (QED) is 0.484. The Morgan fingerprint density at radius 3 is 2.60 bits per heavy atom. The fourth-order valence-corrected chi connectivity index (χ4v) is 5.79. The second-order valence-electron chi connectivity index (χ2n) is 10.6. The molecule has 1 amide bonds. The normalized spacial score (nSPS) is 18.0. The van der Waals surface area contributed by atoms with Crippen molar-refractivity contribution in [2.24, 2.45) is 0 Å². The Morgan fingerprint density at radius 2 is 1.88 bits per heavy atom. The topological polar surface area (TPSA) is 95.7 Å². The molecule has 0 spiro atoms. The van der Waals surface area contributed by atoms with Crippen molar-refractivity contribution in [2.45, 2.75) is 38.8 Å². The van der Waals surface area contributed by atoms with Crippen LogP contribution in [0.2, 0.25) is 0 Å². The van der Waals surface area contributed by atoms with Crippen molar-refractivity contribution in [1.82, 2.24) is 9.88 Å². The first kappa shape index (κ1) is 27.4. The number of aromatic nitrogens is 1. The van der Waals surface area contributed by atoms with Crippen LogP contribution in [0, 0.1) is 31.0 Å². The molecule has 1 atom stereocenters. The minimum atomic E-state index is -0.381. The van der Waals surface area contributed by atoms with Crippen LogP contribution in [0.5, 0.6) is 0 Å². The van der Waals surface area contributed by atoms with E-state index >= 15 is 0 Å². The number of aliphatic hydroxyl groups is 1. The van der Waals surface area contributed by atoms with E-state index in [-0.39, 0.29) is 30.4 Å². The van der Waals surface area contributed by atoms with Crippen LogP contribution in [0.3, 0.4) is 0 Å². The molecule has 1 aromatic heterocycles. The maximum Gasteiger partial charge on any atom is 0.254 e. The van der Waals surface area contributed by atoms with Crippen molar-refractivity contribution in [1.29, 1.82) is 5.26 Å². The van der Waals surface area contributed by atoms with E-state index in [2.05, 4.69) is 28.2 Å². The highest BCUT2D eigenvalue weighted by molar-refractivity contribution is 5.97. The van der Waals surface area contributed by atoms with E-state index in [1.807, 2.05) is 48.2 Å². The number of carbonyl (C=O) groups is 1. The molecule has 8 nitrogen and oxygen atoms in total. The Labute approximate surface area is 234 Å². The highest BCUT2D eigenvalue weighted by Gasteiger charge is 2.31. The second kappa shape index (κ2) is 11.9. The van der Waals surface area contributed by atoms with Crippen LogP contribution in [-0.2, 0) is 0 Å². The SMILES string of the molecule is Cc1cc(C)c(C(=O)N2CCN(c3cc(F)ccn3)[C@@H](CO)C2)cc1NC1CCN(c2ccccc2C#N)CC1. The number of pyridine rings is 1. The number of piperidine rings is 1. The van der Waals surface area contributed by atoms with Gasteiger partial charge < -0.3 is 25.1 Å². The summed E-state index contributed by atoms with van der Waals surface area (Å²) < 4.78 is 13.8. The summed E-state index contributed by atoms with van der Waals surface area (Å²) in [6, 6.07) is 16.6. The number of nitrogens with zero attached hydrogens (tertiary/aromatic N) is 5. The van der Waals surface area contributed by atoms with Crippen molar-refractivity contribution >= 4 is 23.1 Å². The largest absolute Gasteiger partial charge is 0.394 e. The Balaban J connectivity index is 1.26. The van der Waals surface area contributed by atoms with Crippen molar-refractivity contribution in [3.63, 3.8) is 0 Å². The fourth-order valence-electron chi connectivity index (χ4n) is 5.79. The van der Waals surface area contributed by atoms with Crippen molar-refractivity contribution in [3.05, 3.63) is 82.8 Å². The van der Waals surface area contributed by atoms with Crippen molar-refractivity contribution < 1.29 is 14.3 Å².